The number of hydrogen-bond acceptors (Lipinski definition) is 3. The zero-order valence-electron chi connectivity index (χ0n) is 17.0. The Morgan fingerprint density at radius 1 is 0.964 bits per heavy atom. The second-order valence-corrected chi connectivity index (χ2v) is 11.8. The van der Waals surface area contributed by atoms with E-state index in [1.165, 1.54) is 24.2 Å². The molecule has 1 N–H and O–H groups in total. The quantitative estimate of drug-likeness (QED) is 0.580. The molecule has 0 aliphatic heterocycles. The predicted octanol–water partition coefficient (Wildman–Crippen LogP) is 5.79. The van der Waals surface area contributed by atoms with Crippen molar-refractivity contribution in [3.8, 4) is 0 Å². The van der Waals surface area contributed by atoms with Crippen molar-refractivity contribution < 1.29 is 8.42 Å². The van der Waals surface area contributed by atoms with Crippen LogP contribution in [0.25, 0.3) is 0 Å². The zero-order valence-corrected chi connectivity index (χ0v) is 18.7. The van der Waals surface area contributed by atoms with E-state index in [2.05, 4.69) is 30.7 Å². The van der Waals surface area contributed by atoms with E-state index in [9.17, 15) is 8.42 Å². The summed E-state index contributed by atoms with van der Waals surface area (Å²) >= 11 is 1.76. The molecule has 5 heteroatoms. The number of hydrogen-bond donors (Lipinski definition) is 1. The molecule has 0 spiro atoms. The van der Waals surface area contributed by atoms with Gasteiger partial charge in [-0.05, 0) is 63.8 Å². The van der Waals surface area contributed by atoms with Crippen molar-refractivity contribution in [2.24, 2.45) is 5.92 Å². The van der Waals surface area contributed by atoms with Crippen molar-refractivity contribution in [3.05, 3.63) is 60.2 Å². The summed E-state index contributed by atoms with van der Waals surface area (Å²) in [4.78, 5) is 1.52. The van der Waals surface area contributed by atoms with Crippen LogP contribution in [0.5, 0.6) is 0 Å². The Labute approximate surface area is 174 Å². The normalized spacial score (nSPS) is 17.4. The van der Waals surface area contributed by atoms with Crippen LogP contribution in [-0.4, -0.2) is 19.2 Å². The van der Waals surface area contributed by atoms with E-state index < -0.39 is 10.0 Å². The smallest absolute Gasteiger partial charge is 0.207 e. The highest BCUT2D eigenvalue weighted by atomic mass is 32.2. The number of sulfonamides is 1. The summed E-state index contributed by atoms with van der Waals surface area (Å²) in [7, 11) is -3.56. The Balaban J connectivity index is 1.88. The first kappa shape index (κ1) is 21.4. The fourth-order valence-electron chi connectivity index (χ4n) is 4.08. The third-order valence-corrected chi connectivity index (χ3v) is 8.35. The van der Waals surface area contributed by atoms with Crippen LogP contribution >= 0.6 is 11.8 Å². The number of nitrogens with one attached hydrogen (secondary N) is 1. The lowest BCUT2D eigenvalue weighted by molar-refractivity contribution is 0.261. The van der Waals surface area contributed by atoms with Gasteiger partial charge in [0.05, 0.1) is 4.90 Å². The maximum absolute atomic E-state index is 13.2. The summed E-state index contributed by atoms with van der Waals surface area (Å²) in [5.74, 6) is 0.361. The van der Waals surface area contributed by atoms with Gasteiger partial charge in [0.2, 0.25) is 10.0 Å². The molecule has 3 nitrogen and oxygen atoms in total. The summed E-state index contributed by atoms with van der Waals surface area (Å²) < 4.78 is 29.2. The highest BCUT2D eigenvalue weighted by Crippen LogP contribution is 2.41. The minimum absolute atomic E-state index is 0.121. The van der Waals surface area contributed by atoms with Gasteiger partial charge in [-0.2, -0.15) is 0 Å². The predicted molar refractivity (Wildman–Crippen MR) is 118 cm³/mol. The minimum Gasteiger partial charge on any atom is -0.207 e. The van der Waals surface area contributed by atoms with Gasteiger partial charge >= 0.3 is 0 Å². The molecule has 0 saturated heterocycles. The van der Waals surface area contributed by atoms with Crippen molar-refractivity contribution in [2.75, 3.05) is 0 Å². The minimum atomic E-state index is -3.56. The molecule has 1 fully saturated rings. The third-order valence-electron chi connectivity index (χ3n) is 5.61. The van der Waals surface area contributed by atoms with Gasteiger partial charge in [-0.3, -0.25) is 0 Å². The van der Waals surface area contributed by atoms with Crippen LogP contribution in [0.15, 0.2) is 64.4 Å². The van der Waals surface area contributed by atoms with Crippen LogP contribution in [-0.2, 0) is 10.0 Å². The van der Waals surface area contributed by atoms with Crippen LogP contribution in [0, 0.1) is 12.8 Å². The molecule has 3 rings (SSSR count). The molecule has 2 aromatic rings. The Morgan fingerprint density at radius 2 is 1.57 bits per heavy atom. The maximum atomic E-state index is 13.2. The average Bonchev–Trinajstić information content (AvgIpc) is 2.67. The standard InChI is InChI=1S/C23H31NO2S2/c1-18-14-16-21(17-15-18)28(25,26)24-22(19-10-6-4-7-11-19)23(2,3)27-20-12-8-5-9-13-20/h5,8-9,12-17,19,22,24H,4,6-7,10-11H2,1-3H3. The highest BCUT2D eigenvalue weighted by Gasteiger charge is 2.39. The van der Waals surface area contributed by atoms with Gasteiger partial charge < -0.3 is 0 Å². The molecule has 0 bridgehead atoms. The van der Waals surface area contributed by atoms with E-state index in [1.807, 2.05) is 37.3 Å². The second-order valence-electron chi connectivity index (χ2n) is 8.33. The Kier molecular flexibility index (Phi) is 6.89. The lowest BCUT2D eigenvalue weighted by atomic mass is 9.80. The Hall–Kier alpha value is -1.30. The van der Waals surface area contributed by atoms with E-state index in [0.717, 1.165) is 18.4 Å². The first-order valence-corrected chi connectivity index (χ1v) is 12.4. The van der Waals surface area contributed by atoms with Gasteiger partial charge in [-0.25, -0.2) is 13.1 Å². The largest absolute Gasteiger partial charge is 0.240 e. The topological polar surface area (TPSA) is 46.2 Å². The summed E-state index contributed by atoms with van der Waals surface area (Å²) in [5.41, 5.74) is 1.06. The van der Waals surface area contributed by atoms with E-state index >= 15 is 0 Å². The molecule has 1 aliphatic carbocycles. The number of rotatable bonds is 7. The Morgan fingerprint density at radius 3 is 2.18 bits per heavy atom. The van der Waals surface area contributed by atoms with Crippen molar-refractivity contribution in [3.63, 3.8) is 0 Å². The van der Waals surface area contributed by atoms with Crippen LogP contribution in [0.2, 0.25) is 0 Å². The van der Waals surface area contributed by atoms with E-state index in [0.29, 0.717) is 10.8 Å². The van der Waals surface area contributed by atoms with Crippen LogP contribution < -0.4 is 4.72 Å². The first-order valence-electron chi connectivity index (χ1n) is 10.1. The van der Waals surface area contributed by atoms with Crippen molar-refractivity contribution in [1.29, 1.82) is 0 Å². The van der Waals surface area contributed by atoms with Gasteiger partial charge in [-0.15, -0.1) is 11.8 Å². The summed E-state index contributed by atoms with van der Waals surface area (Å²) in [5, 5.41) is 0. The van der Waals surface area contributed by atoms with Crippen LogP contribution in [0.3, 0.4) is 0 Å². The monoisotopic (exact) mass is 417 g/mol. The Bertz CT molecular complexity index is 855. The van der Waals surface area contributed by atoms with E-state index in [4.69, 9.17) is 0 Å². The van der Waals surface area contributed by atoms with Gasteiger partial charge in [-0.1, -0.05) is 55.2 Å². The second kappa shape index (κ2) is 9.02. The molecule has 0 aromatic heterocycles. The molecule has 1 saturated carbocycles. The molecule has 0 heterocycles. The fraction of sp³-hybridized carbons (Fsp3) is 0.478. The molecule has 28 heavy (non-hydrogen) atoms. The molecule has 152 valence electrons. The van der Waals surface area contributed by atoms with Crippen molar-refractivity contribution in [2.45, 2.75) is 73.5 Å². The molecule has 2 aromatic carbocycles. The van der Waals surface area contributed by atoms with E-state index in [-0.39, 0.29) is 10.8 Å². The van der Waals surface area contributed by atoms with E-state index in [1.54, 1.807) is 23.9 Å². The SMILES string of the molecule is Cc1ccc(S(=O)(=O)NC(C2CCCCC2)C(C)(C)Sc2ccccc2)cc1. The highest BCUT2D eigenvalue weighted by molar-refractivity contribution is 8.00. The van der Waals surface area contributed by atoms with Crippen molar-refractivity contribution >= 4 is 21.8 Å². The lowest BCUT2D eigenvalue weighted by Crippen LogP contribution is -2.52. The van der Waals surface area contributed by atoms with Gasteiger partial charge in [0, 0.05) is 15.7 Å². The summed E-state index contributed by atoms with van der Waals surface area (Å²) in [6.45, 7) is 6.30. The lowest BCUT2D eigenvalue weighted by Gasteiger charge is -2.41. The molecule has 1 unspecified atom stereocenters. The van der Waals surface area contributed by atoms with Crippen molar-refractivity contribution in [1.82, 2.24) is 4.72 Å². The number of aryl methyl sites for hydroxylation is 1. The third kappa shape index (κ3) is 5.40. The average molecular weight is 418 g/mol. The summed E-state index contributed by atoms with van der Waals surface area (Å²) in [6.07, 6.45) is 5.78. The number of benzene rings is 2. The van der Waals surface area contributed by atoms with Crippen LogP contribution in [0.4, 0.5) is 0 Å². The summed E-state index contributed by atoms with van der Waals surface area (Å²) in [6, 6.07) is 17.3. The molecule has 1 atom stereocenters. The number of thioether (sulfide) groups is 1. The van der Waals surface area contributed by atoms with Gasteiger partial charge in [0.1, 0.15) is 0 Å². The van der Waals surface area contributed by atoms with Crippen LogP contribution in [0.1, 0.15) is 51.5 Å². The zero-order chi connectivity index (χ0) is 20.2. The molecular weight excluding hydrogens is 386 g/mol. The molecule has 1 aliphatic rings. The first-order chi connectivity index (χ1) is 13.3. The van der Waals surface area contributed by atoms with Gasteiger partial charge in [0.15, 0.2) is 0 Å². The maximum Gasteiger partial charge on any atom is 0.240 e. The molecule has 0 radical (unpaired) electrons. The van der Waals surface area contributed by atoms with Gasteiger partial charge in [0.25, 0.3) is 0 Å². The molecular formula is C23H31NO2S2. The fourth-order valence-corrected chi connectivity index (χ4v) is 6.89. The molecule has 0 amide bonds.